The molecule has 3 aromatic rings. The second-order valence-electron chi connectivity index (χ2n) is 5.15. The Balaban J connectivity index is 1.80. The minimum Gasteiger partial charge on any atom is -0.497 e. The zero-order valence-electron chi connectivity index (χ0n) is 14.0. The van der Waals surface area contributed by atoms with E-state index in [1.54, 1.807) is 39.3 Å². The van der Waals surface area contributed by atoms with Gasteiger partial charge in [-0.15, -0.1) is 0 Å². The highest BCUT2D eigenvalue weighted by atomic mass is 32.2. The molecule has 0 aliphatic rings. The normalized spacial score (nSPS) is 10.8. The number of hydrogen-bond donors (Lipinski definition) is 1. The largest absolute Gasteiger partial charge is 0.497 e. The van der Waals surface area contributed by atoms with Gasteiger partial charge in [0.2, 0.25) is 0 Å². The molecule has 0 saturated carbocycles. The van der Waals surface area contributed by atoms with Crippen molar-refractivity contribution in [2.24, 2.45) is 0 Å². The highest BCUT2D eigenvalue weighted by Crippen LogP contribution is 2.33. The number of nitrogens with zero attached hydrogens (tertiary/aromatic N) is 2. The van der Waals surface area contributed by atoms with E-state index in [-0.39, 0.29) is 0 Å². The van der Waals surface area contributed by atoms with Gasteiger partial charge in [-0.25, -0.2) is 4.98 Å². The monoisotopic (exact) mass is 345 g/mol. The van der Waals surface area contributed by atoms with E-state index in [2.05, 4.69) is 15.0 Å². The van der Waals surface area contributed by atoms with Gasteiger partial charge >= 0.3 is 0 Å². The Morgan fingerprint density at radius 1 is 1.12 bits per heavy atom. The topological polar surface area (TPSA) is 69.3 Å². The quantitative estimate of drug-likeness (QED) is 0.689. The van der Waals surface area contributed by atoms with E-state index in [0.717, 1.165) is 38.9 Å². The molecule has 0 amide bonds. The lowest BCUT2D eigenvalue weighted by molar-refractivity contribution is 0.350. The molecule has 6 nitrogen and oxygen atoms in total. The third-order valence-corrected chi connectivity index (χ3v) is 4.66. The molecule has 0 radical (unpaired) electrons. The van der Waals surface area contributed by atoms with Crippen LogP contribution in [0.15, 0.2) is 29.6 Å². The lowest BCUT2D eigenvalue weighted by Gasteiger charge is -2.12. The van der Waals surface area contributed by atoms with Crippen LogP contribution in [0.2, 0.25) is 0 Å². The standard InChI is InChI=1S/C17H19N3O3S/c1-10-14(18-8-15(22-3)16(10)23-4)9-24-17-19-12-6-5-11(21-2)7-13(12)20-17/h5-8H,9H2,1-4H3,(H,19,20). The van der Waals surface area contributed by atoms with Crippen LogP contribution in [0.3, 0.4) is 0 Å². The molecule has 126 valence electrons. The SMILES string of the molecule is COc1ccc2nc(SCc3ncc(OC)c(OC)c3C)[nH]c2c1. The summed E-state index contributed by atoms with van der Waals surface area (Å²) in [6.07, 6.45) is 1.69. The number of ether oxygens (including phenoxy) is 3. The summed E-state index contributed by atoms with van der Waals surface area (Å²) < 4.78 is 15.9. The van der Waals surface area contributed by atoms with Crippen LogP contribution in [-0.2, 0) is 5.75 Å². The van der Waals surface area contributed by atoms with E-state index < -0.39 is 0 Å². The fourth-order valence-corrected chi connectivity index (χ4v) is 3.36. The van der Waals surface area contributed by atoms with E-state index in [1.807, 2.05) is 25.1 Å². The Kier molecular flexibility index (Phi) is 4.80. The minimum absolute atomic E-state index is 0.639. The first-order chi connectivity index (χ1) is 11.7. The molecule has 3 rings (SSSR count). The van der Waals surface area contributed by atoms with Crippen LogP contribution in [0.1, 0.15) is 11.3 Å². The Morgan fingerprint density at radius 2 is 1.96 bits per heavy atom. The van der Waals surface area contributed by atoms with Gasteiger partial charge in [0.15, 0.2) is 16.7 Å². The van der Waals surface area contributed by atoms with Crippen molar-refractivity contribution in [2.75, 3.05) is 21.3 Å². The third kappa shape index (κ3) is 3.12. The first kappa shape index (κ1) is 16.4. The summed E-state index contributed by atoms with van der Waals surface area (Å²) in [5.41, 5.74) is 3.78. The number of thioether (sulfide) groups is 1. The molecule has 0 saturated heterocycles. The van der Waals surface area contributed by atoms with E-state index >= 15 is 0 Å². The first-order valence-corrected chi connectivity index (χ1v) is 8.37. The molecule has 0 fully saturated rings. The molecular formula is C17H19N3O3S. The van der Waals surface area contributed by atoms with Crippen LogP contribution in [0, 0.1) is 6.92 Å². The maximum atomic E-state index is 5.42. The van der Waals surface area contributed by atoms with Crippen LogP contribution in [0.5, 0.6) is 17.2 Å². The summed E-state index contributed by atoms with van der Waals surface area (Å²) in [7, 11) is 4.89. The number of imidazole rings is 1. The number of H-pyrrole nitrogens is 1. The number of aromatic amines is 1. The number of rotatable bonds is 6. The molecule has 0 aliphatic heterocycles. The predicted molar refractivity (Wildman–Crippen MR) is 94.3 cm³/mol. The fourth-order valence-electron chi connectivity index (χ4n) is 2.45. The number of fused-ring (bicyclic) bond motifs is 1. The van der Waals surface area contributed by atoms with Crippen molar-refractivity contribution in [3.05, 3.63) is 35.7 Å². The molecule has 0 unspecified atom stereocenters. The van der Waals surface area contributed by atoms with Gasteiger partial charge in [0, 0.05) is 17.4 Å². The summed E-state index contributed by atoms with van der Waals surface area (Å²) >= 11 is 1.59. The van der Waals surface area contributed by atoms with Crippen molar-refractivity contribution in [3.8, 4) is 17.2 Å². The Labute approximate surface area is 144 Å². The zero-order chi connectivity index (χ0) is 17.1. The van der Waals surface area contributed by atoms with Crippen molar-refractivity contribution in [1.82, 2.24) is 15.0 Å². The predicted octanol–water partition coefficient (Wildman–Crippen LogP) is 3.58. The molecule has 0 bridgehead atoms. The summed E-state index contributed by atoms with van der Waals surface area (Å²) in [4.78, 5) is 12.3. The molecule has 1 aromatic carbocycles. The summed E-state index contributed by atoms with van der Waals surface area (Å²) in [6, 6.07) is 5.78. The van der Waals surface area contributed by atoms with Crippen LogP contribution in [-0.4, -0.2) is 36.3 Å². The highest BCUT2D eigenvalue weighted by molar-refractivity contribution is 7.98. The zero-order valence-corrected chi connectivity index (χ0v) is 14.9. The average Bonchev–Trinajstić information content (AvgIpc) is 3.02. The van der Waals surface area contributed by atoms with Gasteiger partial charge < -0.3 is 19.2 Å². The van der Waals surface area contributed by atoms with E-state index in [0.29, 0.717) is 11.5 Å². The van der Waals surface area contributed by atoms with Crippen LogP contribution >= 0.6 is 11.8 Å². The average molecular weight is 345 g/mol. The van der Waals surface area contributed by atoms with E-state index in [1.165, 1.54) is 0 Å². The van der Waals surface area contributed by atoms with E-state index in [9.17, 15) is 0 Å². The molecule has 0 atom stereocenters. The second kappa shape index (κ2) is 7.00. The maximum absolute atomic E-state index is 5.42. The Bertz CT molecular complexity index is 864. The van der Waals surface area contributed by atoms with Gasteiger partial charge in [0.05, 0.1) is 44.3 Å². The van der Waals surface area contributed by atoms with Gasteiger partial charge in [0.1, 0.15) is 5.75 Å². The van der Waals surface area contributed by atoms with Crippen LogP contribution < -0.4 is 14.2 Å². The lowest BCUT2D eigenvalue weighted by atomic mass is 10.2. The van der Waals surface area contributed by atoms with Crippen LogP contribution in [0.4, 0.5) is 0 Å². The number of nitrogens with one attached hydrogen (secondary N) is 1. The van der Waals surface area contributed by atoms with Crippen molar-refractivity contribution in [2.45, 2.75) is 17.8 Å². The number of hydrogen-bond acceptors (Lipinski definition) is 6. The molecule has 0 spiro atoms. The van der Waals surface area contributed by atoms with Crippen molar-refractivity contribution >= 4 is 22.8 Å². The molecule has 1 N–H and O–H groups in total. The number of methoxy groups -OCH3 is 3. The number of aromatic nitrogens is 3. The Hall–Kier alpha value is -2.41. The maximum Gasteiger partial charge on any atom is 0.179 e. The van der Waals surface area contributed by atoms with Gasteiger partial charge in [-0.2, -0.15) is 0 Å². The second-order valence-corrected chi connectivity index (χ2v) is 6.11. The van der Waals surface area contributed by atoms with Crippen molar-refractivity contribution < 1.29 is 14.2 Å². The molecule has 0 aliphatic carbocycles. The first-order valence-electron chi connectivity index (χ1n) is 7.39. The molecule has 2 aromatic heterocycles. The molecule has 24 heavy (non-hydrogen) atoms. The lowest BCUT2D eigenvalue weighted by Crippen LogP contribution is -1.99. The fraction of sp³-hybridized carbons (Fsp3) is 0.294. The molecular weight excluding hydrogens is 326 g/mol. The van der Waals surface area contributed by atoms with Crippen molar-refractivity contribution in [1.29, 1.82) is 0 Å². The highest BCUT2D eigenvalue weighted by Gasteiger charge is 2.13. The molecule has 2 heterocycles. The number of benzene rings is 1. The molecule has 7 heteroatoms. The van der Waals surface area contributed by atoms with Crippen molar-refractivity contribution in [3.63, 3.8) is 0 Å². The Morgan fingerprint density at radius 3 is 2.67 bits per heavy atom. The van der Waals surface area contributed by atoms with Gasteiger partial charge in [-0.05, 0) is 19.1 Å². The summed E-state index contributed by atoms with van der Waals surface area (Å²) in [5.74, 6) is 2.85. The third-order valence-electron chi connectivity index (χ3n) is 3.77. The minimum atomic E-state index is 0.639. The number of pyridine rings is 1. The van der Waals surface area contributed by atoms with Gasteiger partial charge in [-0.1, -0.05) is 11.8 Å². The van der Waals surface area contributed by atoms with Crippen LogP contribution in [0.25, 0.3) is 11.0 Å². The van der Waals surface area contributed by atoms with Gasteiger partial charge in [0.25, 0.3) is 0 Å². The van der Waals surface area contributed by atoms with Gasteiger partial charge in [-0.3, -0.25) is 4.98 Å². The van der Waals surface area contributed by atoms with E-state index in [4.69, 9.17) is 14.2 Å². The smallest absolute Gasteiger partial charge is 0.179 e. The summed E-state index contributed by atoms with van der Waals surface area (Å²) in [6.45, 7) is 1.98. The summed E-state index contributed by atoms with van der Waals surface area (Å²) in [5, 5.41) is 0.842.